The van der Waals surface area contributed by atoms with Crippen molar-refractivity contribution in [2.75, 3.05) is 19.6 Å². The molecule has 0 spiro atoms. The van der Waals surface area contributed by atoms with E-state index in [9.17, 15) is 0 Å². The van der Waals surface area contributed by atoms with Gasteiger partial charge in [-0.2, -0.15) is 0 Å². The van der Waals surface area contributed by atoms with Gasteiger partial charge in [-0.25, -0.2) is 0 Å². The maximum Gasteiger partial charge on any atom is 0.0136 e. The molecular formula is C13H24N2. The van der Waals surface area contributed by atoms with Gasteiger partial charge in [0.2, 0.25) is 0 Å². The van der Waals surface area contributed by atoms with Gasteiger partial charge in [-0.05, 0) is 62.8 Å². The van der Waals surface area contributed by atoms with E-state index in [0.717, 1.165) is 30.3 Å². The third-order valence-electron chi connectivity index (χ3n) is 4.53. The third kappa shape index (κ3) is 2.36. The SMILES string of the molecule is NCC1CCC1N(CC1CC1)CC1CC1. The Morgan fingerprint density at radius 2 is 1.47 bits per heavy atom. The standard InChI is InChI=1S/C13H24N2/c14-7-12-5-6-13(12)15(8-10-1-2-10)9-11-3-4-11/h10-13H,1-9,14H2. The van der Waals surface area contributed by atoms with Crippen molar-refractivity contribution < 1.29 is 0 Å². The van der Waals surface area contributed by atoms with Gasteiger partial charge in [0.25, 0.3) is 0 Å². The van der Waals surface area contributed by atoms with Gasteiger partial charge in [-0.1, -0.05) is 0 Å². The lowest BCUT2D eigenvalue weighted by Gasteiger charge is -2.44. The summed E-state index contributed by atoms with van der Waals surface area (Å²) in [6.07, 6.45) is 8.75. The molecule has 3 aliphatic carbocycles. The van der Waals surface area contributed by atoms with E-state index >= 15 is 0 Å². The molecule has 86 valence electrons. The average Bonchev–Trinajstić information content (AvgIpc) is 2.97. The van der Waals surface area contributed by atoms with Crippen LogP contribution in [0.5, 0.6) is 0 Å². The summed E-state index contributed by atoms with van der Waals surface area (Å²) in [5.41, 5.74) is 5.83. The van der Waals surface area contributed by atoms with Gasteiger partial charge in [0, 0.05) is 19.1 Å². The number of nitrogens with two attached hydrogens (primary N) is 1. The van der Waals surface area contributed by atoms with Crippen LogP contribution in [0.1, 0.15) is 38.5 Å². The van der Waals surface area contributed by atoms with E-state index < -0.39 is 0 Å². The minimum absolute atomic E-state index is 0.822. The molecule has 2 unspecified atom stereocenters. The second-order valence-corrected chi connectivity index (χ2v) is 5.98. The second kappa shape index (κ2) is 4.06. The van der Waals surface area contributed by atoms with Crippen LogP contribution in [0.25, 0.3) is 0 Å². The van der Waals surface area contributed by atoms with Crippen LogP contribution in [0.3, 0.4) is 0 Å². The summed E-state index contributed by atoms with van der Waals surface area (Å²) >= 11 is 0. The predicted octanol–water partition coefficient (Wildman–Crippen LogP) is 1.85. The maximum absolute atomic E-state index is 5.83. The lowest BCUT2D eigenvalue weighted by Crippen LogP contribution is -2.51. The molecule has 0 aromatic carbocycles. The van der Waals surface area contributed by atoms with E-state index in [0.29, 0.717) is 0 Å². The third-order valence-corrected chi connectivity index (χ3v) is 4.53. The molecule has 0 amide bonds. The lowest BCUT2D eigenvalue weighted by atomic mass is 9.78. The van der Waals surface area contributed by atoms with Crippen LogP contribution >= 0.6 is 0 Å². The molecule has 0 aromatic rings. The fourth-order valence-electron chi connectivity index (χ4n) is 2.92. The smallest absolute Gasteiger partial charge is 0.0136 e. The van der Waals surface area contributed by atoms with Crippen LogP contribution in [0, 0.1) is 17.8 Å². The molecule has 3 saturated carbocycles. The molecule has 3 rings (SSSR count). The summed E-state index contributed by atoms with van der Waals surface area (Å²) in [6.45, 7) is 3.69. The summed E-state index contributed by atoms with van der Waals surface area (Å²) in [5, 5.41) is 0. The van der Waals surface area contributed by atoms with Gasteiger partial charge >= 0.3 is 0 Å². The largest absolute Gasteiger partial charge is 0.330 e. The second-order valence-electron chi connectivity index (χ2n) is 5.98. The highest BCUT2D eigenvalue weighted by Crippen LogP contribution is 2.39. The zero-order valence-electron chi connectivity index (χ0n) is 9.70. The predicted molar refractivity (Wildman–Crippen MR) is 62.6 cm³/mol. The van der Waals surface area contributed by atoms with Crippen LogP contribution in [0.15, 0.2) is 0 Å². The molecule has 2 N–H and O–H groups in total. The molecule has 0 radical (unpaired) electrons. The van der Waals surface area contributed by atoms with Crippen LogP contribution in [0.4, 0.5) is 0 Å². The quantitative estimate of drug-likeness (QED) is 0.722. The number of hydrogen-bond donors (Lipinski definition) is 1. The van der Waals surface area contributed by atoms with Crippen molar-refractivity contribution in [2.45, 2.75) is 44.6 Å². The van der Waals surface area contributed by atoms with Crippen molar-refractivity contribution >= 4 is 0 Å². The zero-order valence-corrected chi connectivity index (χ0v) is 9.70. The molecule has 0 saturated heterocycles. The monoisotopic (exact) mass is 208 g/mol. The van der Waals surface area contributed by atoms with Gasteiger partial charge in [-0.3, -0.25) is 4.90 Å². The average molecular weight is 208 g/mol. The molecule has 2 nitrogen and oxygen atoms in total. The lowest BCUT2D eigenvalue weighted by molar-refractivity contribution is 0.0585. The van der Waals surface area contributed by atoms with Crippen LogP contribution < -0.4 is 5.73 Å². The van der Waals surface area contributed by atoms with Crippen LogP contribution in [-0.2, 0) is 0 Å². The van der Waals surface area contributed by atoms with Gasteiger partial charge < -0.3 is 5.73 Å². The van der Waals surface area contributed by atoms with Gasteiger partial charge in [0.15, 0.2) is 0 Å². The van der Waals surface area contributed by atoms with Gasteiger partial charge in [0.1, 0.15) is 0 Å². The number of rotatable bonds is 6. The minimum Gasteiger partial charge on any atom is -0.330 e. The molecule has 0 aromatic heterocycles. The number of hydrogen-bond acceptors (Lipinski definition) is 2. The summed E-state index contributed by atoms with van der Waals surface area (Å²) in [4.78, 5) is 2.80. The summed E-state index contributed by atoms with van der Waals surface area (Å²) < 4.78 is 0. The topological polar surface area (TPSA) is 29.3 Å². The molecule has 3 fully saturated rings. The Morgan fingerprint density at radius 1 is 0.867 bits per heavy atom. The Labute approximate surface area is 93.2 Å². The Kier molecular flexibility index (Phi) is 2.73. The Bertz CT molecular complexity index is 205. The molecule has 3 aliphatic rings. The van der Waals surface area contributed by atoms with Gasteiger partial charge in [-0.15, -0.1) is 0 Å². The normalized spacial score (nSPS) is 35.6. The van der Waals surface area contributed by atoms with Crippen molar-refractivity contribution in [3.8, 4) is 0 Å². The van der Waals surface area contributed by atoms with E-state index in [-0.39, 0.29) is 0 Å². The first-order valence-electron chi connectivity index (χ1n) is 6.81. The summed E-state index contributed by atoms with van der Waals surface area (Å²) in [6, 6.07) is 0.858. The zero-order chi connectivity index (χ0) is 10.3. The highest BCUT2D eigenvalue weighted by molar-refractivity contribution is 4.93. The highest BCUT2D eigenvalue weighted by Gasteiger charge is 2.39. The van der Waals surface area contributed by atoms with Crippen molar-refractivity contribution in [1.29, 1.82) is 0 Å². The molecule has 0 heterocycles. The molecule has 15 heavy (non-hydrogen) atoms. The minimum atomic E-state index is 0.822. The van der Waals surface area contributed by atoms with Crippen LogP contribution in [-0.4, -0.2) is 30.6 Å². The molecular weight excluding hydrogens is 184 g/mol. The summed E-state index contributed by atoms with van der Waals surface area (Å²) in [5.74, 6) is 2.91. The van der Waals surface area contributed by atoms with Crippen molar-refractivity contribution in [3.63, 3.8) is 0 Å². The Hall–Kier alpha value is -0.0800. The first kappa shape index (κ1) is 10.1. The van der Waals surface area contributed by atoms with Crippen molar-refractivity contribution in [2.24, 2.45) is 23.5 Å². The van der Waals surface area contributed by atoms with E-state index in [1.807, 2.05) is 0 Å². The fraction of sp³-hybridized carbons (Fsp3) is 1.00. The Balaban J connectivity index is 1.54. The molecule has 2 heteroatoms. The van der Waals surface area contributed by atoms with E-state index in [1.165, 1.54) is 51.6 Å². The highest BCUT2D eigenvalue weighted by atomic mass is 15.2. The maximum atomic E-state index is 5.83. The Morgan fingerprint density at radius 3 is 1.80 bits per heavy atom. The number of nitrogens with zero attached hydrogens (tertiary/aromatic N) is 1. The van der Waals surface area contributed by atoms with Gasteiger partial charge in [0.05, 0.1) is 0 Å². The fourth-order valence-corrected chi connectivity index (χ4v) is 2.92. The van der Waals surface area contributed by atoms with Crippen molar-refractivity contribution in [1.82, 2.24) is 4.90 Å². The van der Waals surface area contributed by atoms with E-state index in [1.54, 1.807) is 0 Å². The molecule has 0 bridgehead atoms. The summed E-state index contributed by atoms with van der Waals surface area (Å²) in [7, 11) is 0. The first-order valence-corrected chi connectivity index (χ1v) is 6.81. The molecule has 2 atom stereocenters. The van der Waals surface area contributed by atoms with E-state index in [4.69, 9.17) is 5.73 Å². The van der Waals surface area contributed by atoms with E-state index in [2.05, 4.69) is 4.90 Å². The van der Waals surface area contributed by atoms with Crippen LogP contribution in [0.2, 0.25) is 0 Å². The first-order chi connectivity index (χ1) is 7.36. The van der Waals surface area contributed by atoms with Crippen molar-refractivity contribution in [3.05, 3.63) is 0 Å². The molecule has 0 aliphatic heterocycles.